The van der Waals surface area contributed by atoms with Gasteiger partial charge >= 0.3 is 0 Å². The predicted octanol–water partition coefficient (Wildman–Crippen LogP) is 3.97. The first-order chi connectivity index (χ1) is 10.3. The summed E-state index contributed by atoms with van der Waals surface area (Å²) in [6, 6.07) is 3.70. The van der Waals surface area contributed by atoms with E-state index in [1.807, 2.05) is 13.0 Å². The Morgan fingerprint density at radius 3 is 2.77 bits per heavy atom. The molecule has 0 spiro atoms. The third-order valence-corrected chi connectivity index (χ3v) is 4.02. The van der Waals surface area contributed by atoms with Crippen molar-refractivity contribution in [2.24, 2.45) is 0 Å². The molecule has 1 amide bonds. The minimum Gasteiger partial charge on any atom is -0.460 e. The van der Waals surface area contributed by atoms with Crippen LogP contribution in [0, 0.1) is 0 Å². The van der Waals surface area contributed by atoms with Gasteiger partial charge in [0.25, 0.3) is 5.91 Å². The Bertz CT molecular complexity index is 744. The SMILES string of the molecule is C[C@@H]1Cc2oc(-c3ccnc(Cl)c3)c(C(C)(C)C)c2C(=O)N1. The summed E-state index contributed by atoms with van der Waals surface area (Å²) in [5.41, 5.74) is 2.22. The maximum Gasteiger partial charge on any atom is 0.255 e. The number of carbonyl (C=O) groups excluding carboxylic acids is 1. The van der Waals surface area contributed by atoms with Gasteiger partial charge in [-0.25, -0.2) is 4.98 Å². The molecule has 0 unspecified atom stereocenters. The van der Waals surface area contributed by atoms with Crippen molar-refractivity contribution >= 4 is 17.5 Å². The molecule has 0 saturated carbocycles. The average Bonchev–Trinajstić information content (AvgIpc) is 2.78. The van der Waals surface area contributed by atoms with Crippen molar-refractivity contribution in [3.8, 4) is 11.3 Å². The molecule has 1 atom stereocenters. The fourth-order valence-electron chi connectivity index (χ4n) is 2.95. The van der Waals surface area contributed by atoms with E-state index in [4.69, 9.17) is 16.0 Å². The molecule has 1 N–H and O–H groups in total. The zero-order valence-electron chi connectivity index (χ0n) is 13.2. The number of carbonyl (C=O) groups is 1. The lowest BCUT2D eigenvalue weighted by molar-refractivity contribution is 0.0923. The number of rotatable bonds is 1. The van der Waals surface area contributed by atoms with E-state index >= 15 is 0 Å². The summed E-state index contributed by atoms with van der Waals surface area (Å²) in [6.07, 6.45) is 2.34. The smallest absolute Gasteiger partial charge is 0.255 e. The van der Waals surface area contributed by atoms with Crippen LogP contribution in [0.25, 0.3) is 11.3 Å². The van der Waals surface area contributed by atoms with Crippen LogP contribution in [0.15, 0.2) is 22.7 Å². The predicted molar refractivity (Wildman–Crippen MR) is 86.3 cm³/mol. The van der Waals surface area contributed by atoms with E-state index in [-0.39, 0.29) is 17.4 Å². The fourth-order valence-corrected chi connectivity index (χ4v) is 3.12. The minimum atomic E-state index is -0.222. The lowest BCUT2D eigenvalue weighted by atomic mass is 9.81. The maximum absolute atomic E-state index is 12.5. The Kier molecular flexibility index (Phi) is 3.52. The standard InChI is InChI=1S/C17H19ClN2O2/c1-9-7-11-13(16(21)20-9)14(17(2,3)4)15(22-11)10-5-6-19-12(18)8-10/h5-6,8-9H,7H2,1-4H3,(H,20,21)/t9-/m1/s1. The molecule has 0 bridgehead atoms. The summed E-state index contributed by atoms with van der Waals surface area (Å²) in [6.45, 7) is 8.21. The number of pyridine rings is 1. The van der Waals surface area contributed by atoms with Crippen LogP contribution in [0.2, 0.25) is 5.15 Å². The quantitative estimate of drug-likeness (QED) is 0.809. The van der Waals surface area contributed by atoms with Gasteiger partial charge in [0, 0.05) is 29.8 Å². The van der Waals surface area contributed by atoms with Crippen LogP contribution in [-0.4, -0.2) is 16.9 Å². The van der Waals surface area contributed by atoms with E-state index in [2.05, 4.69) is 31.1 Å². The average molecular weight is 319 g/mol. The molecule has 1 aliphatic heterocycles. The summed E-state index contributed by atoms with van der Waals surface area (Å²) in [5, 5.41) is 3.39. The first kappa shape index (κ1) is 15.1. The summed E-state index contributed by atoms with van der Waals surface area (Å²) in [7, 11) is 0. The van der Waals surface area contributed by atoms with Gasteiger partial charge in [0.2, 0.25) is 0 Å². The molecule has 0 aliphatic carbocycles. The third kappa shape index (κ3) is 2.52. The van der Waals surface area contributed by atoms with E-state index in [1.165, 1.54) is 0 Å². The van der Waals surface area contributed by atoms with Crippen LogP contribution in [0.4, 0.5) is 0 Å². The maximum atomic E-state index is 12.5. The van der Waals surface area contributed by atoms with E-state index in [0.29, 0.717) is 22.9 Å². The highest BCUT2D eigenvalue weighted by Gasteiger charge is 2.36. The van der Waals surface area contributed by atoms with E-state index < -0.39 is 0 Å². The van der Waals surface area contributed by atoms with Gasteiger partial charge in [0.1, 0.15) is 16.7 Å². The second kappa shape index (κ2) is 5.13. The van der Waals surface area contributed by atoms with Gasteiger partial charge in [-0.1, -0.05) is 32.4 Å². The van der Waals surface area contributed by atoms with Crippen molar-refractivity contribution in [1.29, 1.82) is 0 Å². The number of nitrogens with zero attached hydrogens (tertiary/aromatic N) is 1. The third-order valence-electron chi connectivity index (χ3n) is 3.82. The molecule has 0 fully saturated rings. The van der Waals surface area contributed by atoms with Crippen molar-refractivity contribution in [2.45, 2.75) is 45.6 Å². The van der Waals surface area contributed by atoms with Gasteiger partial charge < -0.3 is 9.73 Å². The molecule has 5 heteroatoms. The van der Waals surface area contributed by atoms with Crippen molar-refractivity contribution in [1.82, 2.24) is 10.3 Å². The second-order valence-corrected chi connectivity index (χ2v) is 7.19. The Morgan fingerprint density at radius 2 is 2.14 bits per heavy atom. The van der Waals surface area contributed by atoms with Crippen molar-refractivity contribution in [3.05, 3.63) is 40.4 Å². The van der Waals surface area contributed by atoms with E-state index in [9.17, 15) is 4.79 Å². The molecule has 3 rings (SSSR count). The monoisotopic (exact) mass is 318 g/mol. The normalized spacial score (nSPS) is 18.0. The van der Waals surface area contributed by atoms with Crippen LogP contribution in [0.3, 0.4) is 0 Å². The Labute approximate surface area is 134 Å². The Hall–Kier alpha value is -1.81. The van der Waals surface area contributed by atoms with Gasteiger partial charge in [-0.2, -0.15) is 0 Å². The van der Waals surface area contributed by atoms with Gasteiger partial charge in [-0.15, -0.1) is 0 Å². The van der Waals surface area contributed by atoms with Crippen molar-refractivity contribution in [2.75, 3.05) is 0 Å². The number of nitrogens with one attached hydrogen (secondary N) is 1. The molecule has 2 aromatic rings. The number of amides is 1. The summed E-state index contributed by atoms with van der Waals surface area (Å²) in [4.78, 5) is 16.5. The molecule has 0 radical (unpaired) electrons. The summed E-state index contributed by atoms with van der Waals surface area (Å²) in [5.74, 6) is 1.41. The van der Waals surface area contributed by atoms with Crippen LogP contribution in [0.5, 0.6) is 0 Å². The van der Waals surface area contributed by atoms with Crippen LogP contribution < -0.4 is 5.32 Å². The van der Waals surface area contributed by atoms with Crippen LogP contribution >= 0.6 is 11.6 Å². The van der Waals surface area contributed by atoms with Gasteiger partial charge in [-0.05, 0) is 24.5 Å². The van der Waals surface area contributed by atoms with Gasteiger partial charge in [0.15, 0.2) is 0 Å². The summed E-state index contributed by atoms with van der Waals surface area (Å²) < 4.78 is 6.10. The number of furan rings is 1. The zero-order chi connectivity index (χ0) is 16.1. The molecular weight excluding hydrogens is 300 g/mol. The number of hydrogen-bond acceptors (Lipinski definition) is 3. The molecule has 1 aliphatic rings. The topological polar surface area (TPSA) is 55.1 Å². The Balaban J connectivity index is 2.27. The fraction of sp³-hybridized carbons (Fsp3) is 0.412. The van der Waals surface area contributed by atoms with Crippen LogP contribution in [-0.2, 0) is 11.8 Å². The minimum absolute atomic E-state index is 0.0613. The first-order valence-corrected chi connectivity index (χ1v) is 7.74. The van der Waals surface area contributed by atoms with Gasteiger partial charge in [-0.3, -0.25) is 4.79 Å². The molecule has 2 aromatic heterocycles. The molecule has 4 nitrogen and oxygen atoms in total. The highest BCUT2D eigenvalue weighted by molar-refractivity contribution is 6.29. The summed E-state index contributed by atoms with van der Waals surface area (Å²) >= 11 is 6.01. The molecule has 0 saturated heterocycles. The number of hydrogen-bond donors (Lipinski definition) is 1. The van der Waals surface area contributed by atoms with Crippen molar-refractivity contribution < 1.29 is 9.21 Å². The molecular formula is C17H19ClN2O2. The molecule has 22 heavy (non-hydrogen) atoms. The molecule has 116 valence electrons. The zero-order valence-corrected chi connectivity index (χ0v) is 13.9. The van der Waals surface area contributed by atoms with Gasteiger partial charge in [0.05, 0.1) is 5.56 Å². The molecule has 3 heterocycles. The van der Waals surface area contributed by atoms with Crippen molar-refractivity contribution in [3.63, 3.8) is 0 Å². The second-order valence-electron chi connectivity index (χ2n) is 6.80. The largest absolute Gasteiger partial charge is 0.460 e. The first-order valence-electron chi connectivity index (χ1n) is 7.36. The number of fused-ring (bicyclic) bond motifs is 1. The lowest BCUT2D eigenvalue weighted by Gasteiger charge is -2.24. The Morgan fingerprint density at radius 1 is 1.41 bits per heavy atom. The number of halogens is 1. The highest BCUT2D eigenvalue weighted by atomic mass is 35.5. The number of aromatic nitrogens is 1. The van der Waals surface area contributed by atoms with Crippen LogP contribution in [0.1, 0.15) is 49.4 Å². The van der Waals surface area contributed by atoms with E-state index in [1.54, 1.807) is 12.3 Å². The highest BCUT2D eigenvalue weighted by Crippen LogP contribution is 2.41. The van der Waals surface area contributed by atoms with E-state index in [0.717, 1.165) is 16.9 Å². The lowest BCUT2D eigenvalue weighted by Crippen LogP contribution is -2.39. The molecule has 0 aromatic carbocycles.